The van der Waals surface area contributed by atoms with Crippen LogP contribution in [0.25, 0.3) is 0 Å². The van der Waals surface area contributed by atoms with Crippen molar-refractivity contribution in [3.8, 4) is 5.88 Å². The molecule has 4 nitrogen and oxygen atoms in total. The van der Waals surface area contributed by atoms with Crippen LogP contribution in [-0.2, 0) is 0 Å². The molecule has 0 radical (unpaired) electrons. The predicted molar refractivity (Wildman–Crippen MR) is 68.7 cm³/mol. The second-order valence-electron chi connectivity index (χ2n) is 4.35. The van der Waals surface area contributed by atoms with E-state index in [1.807, 2.05) is 0 Å². The van der Waals surface area contributed by atoms with Crippen molar-refractivity contribution in [2.45, 2.75) is 32.6 Å². The van der Waals surface area contributed by atoms with Crippen molar-refractivity contribution in [3.05, 3.63) is 11.2 Å². The van der Waals surface area contributed by atoms with E-state index in [1.165, 1.54) is 12.8 Å². The Morgan fingerprint density at radius 3 is 3.06 bits per heavy atom. The third kappa shape index (κ3) is 4.04. The zero-order chi connectivity index (χ0) is 12.1. The van der Waals surface area contributed by atoms with E-state index in [2.05, 4.69) is 22.2 Å². The van der Waals surface area contributed by atoms with Gasteiger partial charge in [-0.25, -0.2) is 4.98 Å². The minimum Gasteiger partial charge on any atom is -0.476 e. The van der Waals surface area contributed by atoms with E-state index in [0.29, 0.717) is 23.5 Å². The van der Waals surface area contributed by atoms with Crippen molar-refractivity contribution in [1.29, 1.82) is 0 Å². The Hall–Kier alpha value is -1.03. The van der Waals surface area contributed by atoms with Gasteiger partial charge in [0.25, 0.3) is 0 Å². The van der Waals surface area contributed by atoms with E-state index in [0.717, 1.165) is 25.3 Å². The van der Waals surface area contributed by atoms with Gasteiger partial charge in [-0.2, -0.15) is 4.98 Å². The fourth-order valence-electron chi connectivity index (χ4n) is 1.50. The van der Waals surface area contributed by atoms with Crippen LogP contribution in [0, 0.1) is 5.92 Å². The molecule has 0 amide bonds. The zero-order valence-corrected chi connectivity index (χ0v) is 10.8. The van der Waals surface area contributed by atoms with Crippen LogP contribution < -0.4 is 10.1 Å². The molecule has 94 valence electrons. The number of aromatic nitrogens is 2. The normalized spacial score (nSPS) is 14.7. The van der Waals surface area contributed by atoms with Gasteiger partial charge in [-0.1, -0.05) is 31.4 Å². The number of anilines is 1. The fraction of sp³-hybridized carbons (Fsp3) is 0.667. The van der Waals surface area contributed by atoms with E-state index < -0.39 is 0 Å². The number of hydrogen-bond acceptors (Lipinski definition) is 4. The third-order valence-electron chi connectivity index (χ3n) is 2.71. The molecular formula is C12H18ClN3O. The van der Waals surface area contributed by atoms with Gasteiger partial charge in [0.15, 0.2) is 0 Å². The average Bonchev–Trinajstić information content (AvgIpc) is 3.14. The molecule has 17 heavy (non-hydrogen) atoms. The Kier molecular flexibility index (Phi) is 4.42. The lowest BCUT2D eigenvalue weighted by Gasteiger charge is -2.08. The van der Waals surface area contributed by atoms with Crippen LogP contribution >= 0.6 is 11.6 Å². The number of nitrogens with one attached hydrogen (secondary N) is 1. The first-order valence-electron chi connectivity index (χ1n) is 6.18. The van der Waals surface area contributed by atoms with Crippen LogP contribution in [0.5, 0.6) is 5.88 Å². The molecule has 0 bridgehead atoms. The number of rotatable bonds is 7. The Morgan fingerprint density at radius 2 is 2.35 bits per heavy atom. The molecule has 1 N–H and O–H groups in total. The molecule has 1 aliphatic carbocycles. The second kappa shape index (κ2) is 6.05. The average molecular weight is 256 g/mol. The van der Waals surface area contributed by atoms with Gasteiger partial charge in [-0.05, 0) is 18.8 Å². The smallest absolute Gasteiger partial charge is 0.237 e. The number of halogens is 1. The second-order valence-corrected chi connectivity index (χ2v) is 4.76. The van der Waals surface area contributed by atoms with Crippen molar-refractivity contribution in [2.24, 2.45) is 5.92 Å². The maximum atomic E-state index is 5.98. The van der Waals surface area contributed by atoms with Gasteiger partial charge in [0.2, 0.25) is 11.8 Å². The van der Waals surface area contributed by atoms with Gasteiger partial charge >= 0.3 is 0 Å². The Balaban J connectivity index is 1.88. The summed E-state index contributed by atoms with van der Waals surface area (Å²) in [6.07, 6.45) is 6.38. The van der Waals surface area contributed by atoms with Crippen LogP contribution in [0.1, 0.15) is 32.6 Å². The maximum Gasteiger partial charge on any atom is 0.237 e. The van der Waals surface area contributed by atoms with Gasteiger partial charge in [0.1, 0.15) is 5.02 Å². The van der Waals surface area contributed by atoms with Gasteiger partial charge in [0, 0.05) is 6.54 Å². The van der Waals surface area contributed by atoms with Gasteiger partial charge < -0.3 is 10.1 Å². The standard InChI is InChI=1S/C12H18ClN3O/c1-2-6-14-12-15-8-10(13)11(16-12)17-7-5-9-3-4-9/h8-9H,2-7H2,1H3,(H,14,15,16). The monoisotopic (exact) mass is 255 g/mol. The molecule has 1 aliphatic rings. The zero-order valence-electron chi connectivity index (χ0n) is 10.1. The molecule has 0 aliphatic heterocycles. The van der Waals surface area contributed by atoms with E-state index in [-0.39, 0.29) is 0 Å². The predicted octanol–water partition coefficient (Wildman–Crippen LogP) is 3.13. The van der Waals surface area contributed by atoms with Crippen LogP contribution in [0.4, 0.5) is 5.95 Å². The van der Waals surface area contributed by atoms with Crippen molar-refractivity contribution in [2.75, 3.05) is 18.5 Å². The Morgan fingerprint density at radius 1 is 1.53 bits per heavy atom. The van der Waals surface area contributed by atoms with Crippen molar-refractivity contribution in [1.82, 2.24) is 9.97 Å². The summed E-state index contributed by atoms with van der Waals surface area (Å²) in [6.45, 7) is 3.63. The van der Waals surface area contributed by atoms with Crippen molar-refractivity contribution < 1.29 is 4.74 Å². The summed E-state index contributed by atoms with van der Waals surface area (Å²) < 4.78 is 5.59. The summed E-state index contributed by atoms with van der Waals surface area (Å²) in [5.74, 6) is 1.92. The van der Waals surface area contributed by atoms with Gasteiger partial charge in [-0.3, -0.25) is 0 Å². The first kappa shape index (κ1) is 12.4. The molecule has 1 aromatic heterocycles. The highest BCUT2D eigenvalue weighted by atomic mass is 35.5. The minimum absolute atomic E-state index is 0.475. The number of nitrogens with zero attached hydrogens (tertiary/aromatic N) is 2. The molecule has 1 saturated carbocycles. The molecular weight excluding hydrogens is 238 g/mol. The van der Waals surface area contributed by atoms with Crippen LogP contribution in [0.3, 0.4) is 0 Å². The van der Waals surface area contributed by atoms with E-state index in [4.69, 9.17) is 16.3 Å². The third-order valence-corrected chi connectivity index (χ3v) is 2.97. The van der Waals surface area contributed by atoms with E-state index >= 15 is 0 Å². The van der Waals surface area contributed by atoms with Crippen molar-refractivity contribution in [3.63, 3.8) is 0 Å². The van der Waals surface area contributed by atoms with Crippen LogP contribution in [0.15, 0.2) is 6.20 Å². The lowest BCUT2D eigenvalue weighted by Crippen LogP contribution is -2.07. The summed E-state index contributed by atoms with van der Waals surface area (Å²) in [5.41, 5.74) is 0. The Labute approximate surface area is 107 Å². The Bertz CT molecular complexity index is 369. The number of hydrogen-bond donors (Lipinski definition) is 1. The highest BCUT2D eigenvalue weighted by molar-refractivity contribution is 6.31. The molecule has 0 spiro atoms. The lowest BCUT2D eigenvalue weighted by atomic mass is 10.3. The van der Waals surface area contributed by atoms with E-state index in [1.54, 1.807) is 6.20 Å². The summed E-state index contributed by atoms with van der Waals surface area (Å²) in [5, 5.41) is 3.59. The highest BCUT2D eigenvalue weighted by Gasteiger charge is 2.21. The summed E-state index contributed by atoms with van der Waals surface area (Å²) in [6, 6.07) is 0. The van der Waals surface area contributed by atoms with Crippen LogP contribution in [-0.4, -0.2) is 23.1 Å². The fourth-order valence-corrected chi connectivity index (χ4v) is 1.65. The van der Waals surface area contributed by atoms with Crippen molar-refractivity contribution >= 4 is 17.5 Å². The molecule has 0 aromatic carbocycles. The lowest BCUT2D eigenvalue weighted by molar-refractivity contribution is 0.291. The first-order chi connectivity index (χ1) is 8.29. The molecule has 0 unspecified atom stereocenters. The largest absolute Gasteiger partial charge is 0.476 e. The molecule has 0 saturated heterocycles. The topological polar surface area (TPSA) is 47.0 Å². The minimum atomic E-state index is 0.475. The van der Waals surface area contributed by atoms with Gasteiger partial charge in [0.05, 0.1) is 12.8 Å². The molecule has 5 heteroatoms. The summed E-state index contributed by atoms with van der Waals surface area (Å²) >= 11 is 5.98. The summed E-state index contributed by atoms with van der Waals surface area (Å²) in [7, 11) is 0. The number of ether oxygens (including phenoxy) is 1. The maximum absolute atomic E-state index is 5.98. The van der Waals surface area contributed by atoms with Gasteiger partial charge in [-0.15, -0.1) is 0 Å². The molecule has 1 fully saturated rings. The highest BCUT2D eigenvalue weighted by Crippen LogP contribution is 2.32. The molecule has 1 aromatic rings. The summed E-state index contributed by atoms with van der Waals surface area (Å²) in [4.78, 5) is 8.35. The SMILES string of the molecule is CCCNc1ncc(Cl)c(OCCC2CC2)n1. The molecule has 1 heterocycles. The first-order valence-corrected chi connectivity index (χ1v) is 6.56. The van der Waals surface area contributed by atoms with Crippen LogP contribution in [0.2, 0.25) is 5.02 Å². The molecule has 2 rings (SSSR count). The van der Waals surface area contributed by atoms with E-state index in [9.17, 15) is 0 Å². The quantitative estimate of drug-likeness (QED) is 0.813. The molecule has 0 atom stereocenters.